The Morgan fingerprint density at radius 2 is 2.12 bits per heavy atom. The van der Waals surface area contributed by atoms with Gasteiger partial charge in [-0.1, -0.05) is 19.1 Å². The average Bonchev–Trinajstić information content (AvgIpc) is 2.26. The van der Waals surface area contributed by atoms with Gasteiger partial charge in [0.25, 0.3) is 5.69 Å². The molecular formula is C10H10BrF2NO3. The molecule has 1 unspecified atom stereocenters. The summed E-state index contributed by atoms with van der Waals surface area (Å²) in [5.41, 5.74) is -3.01. The number of nitro benzene ring substituents is 1. The van der Waals surface area contributed by atoms with Crippen LogP contribution in [0.5, 0.6) is 0 Å². The molecule has 0 bridgehead atoms. The van der Waals surface area contributed by atoms with Crippen LogP contribution in [0.25, 0.3) is 0 Å². The molecule has 0 saturated carbocycles. The number of hydrogen-bond acceptors (Lipinski definition) is 3. The number of alkyl halides is 3. The van der Waals surface area contributed by atoms with Crippen LogP contribution in [0.15, 0.2) is 24.3 Å². The first-order valence-electron chi connectivity index (χ1n) is 4.76. The van der Waals surface area contributed by atoms with Crippen molar-refractivity contribution in [3.63, 3.8) is 0 Å². The molecule has 0 aliphatic carbocycles. The molecule has 17 heavy (non-hydrogen) atoms. The lowest BCUT2D eigenvalue weighted by molar-refractivity contribution is -0.385. The average molecular weight is 310 g/mol. The Balaban J connectivity index is 3.31. The van der Waals surface area contributed by atoms with Crippen molar-refractivity contribution in [2.45, 2.75) is 23.8 Å². The third kappa shape index (κ3) is 2.61. The lowest BCUT2D eigenvalue weighted by atomic mass is 9.91. The summed E-state index contributed by atoms with van der Waals surface area (Å²) in [6.07, 6.45) is -0.285. The molecule has 0 aromatic heterocycles. The van der Waals surface area contributed by atoms with E-state index in [0.29, 0.717) is 0 Å². The zero-order chi connectivity index (χ0) is 13.3. The van der Waals surface area contributed by atoms with Gasteiger partial charge in [0.15, 0.2) is 5.60 Å². The van der Waals surface area contributed by atoms with Gasteiger partial charge in [0.1, 0.15) is 0 Å². The van der Waals surface area contributed by atoms with Crippen molar-refractivity contribution < 1.29 is 18.8 Å². The SMILES string of the molecule is CCC(O)(c1cccc([N+](=O)[O-])c1)C(F)(F)Br. The van der Waals surface area contributed by atoms with E-state index in [1.54, 1.807) is 0 Å². The number of aliphatic hydroxyl groups is 1. The highest BCUT2D eigenvalue weighted by atomic mass is 79.9. The number of non-ortho nitro benzene ring substituents is 1. The first-order valence-corrected chi connectivity index (χ1v) is 5.55. The van der Waals surface area contributed by atoms with Crippen LogP contribution in [0.3, 0.4) is 0 Å². The summed E-state index contributed by atoms with van der Waals surface area (Å²) in [5, 5.41) is 20.5. The molecule has 4 nitrogen and oxygen atoms in total. The van der Waals surface area contributed by atoms with E-state index >= 15 is 0 Å². The summed E-state index contributed by atoms with van der Waals surface area (Å²) in [5.74, 6) is 0. The summed E-state index contributed by atoms with van der Waals surface area (Å²) in [6.45, 7) is 1.37. The topological polar surface area (TPSA) is 63.4 Å². The van der Waals surface area contributed by atoms with Crippen molar-refractivity contribution >= 4 is 21.6 Å². The molecule has 94 valence electrons. The van der Waals surface area contributed by atoms with Crippen LogP contribution in [-0.2, 0) is 5.60 Å². The summed E-state index contributed by atoms with van der Waals surface area (Å²) >= 11 is 2.11. The monoisotopic (exact) mass is 309 g/mol. The third-order valence-corrected chi connectivity index (χ3v) is 3.17. The van der Waals surface area contributed by atoms with Gasteiger partial charge >= 0.3 is 4.83 Å². The van der Waals surface area contributed by atoms with Crippen LogP contribution in [0, 0.1) is 10.1 Å². The number of benzene rings is 1. The Morgan fingerprint density at radius 3 is 2.53 bits per heavy atom. The van der Waals surface area contributed by atoms with Crippen LogP contribution in [-0.4, -0.2) is 14.9 Å². The first-order chi connectivity index (χ1) is 7.72. The van der Waals surface area contributed by atoms with E-state index in [9.17, 15) is 24.0 Å². The lowest BCUT2D eigenvalue weighted by Gasteiger charge is -2.31. The largest absolute Gasteiger partial charge is 0.378 e. The Bertz CT molecular complexity index is 436. The maximum absolute atomic E-state index is 13.3. The fourth-order valence-electron chi connectivity index (χ4n) is 1.44. The zero-order valence-corrected chi connectivity index (χ0v) is 10.4. The van der Waals surface area contributed by atoms with Crippen molar-refractivity contribution in [3.05, 3.63) is 39.9 Å². The maximum Gasteiger partial charge on any atom is 0.333 e. The Hall–Kier alpha value is -1.08. The second kappa shape index (κ2) is 4.66. The molecule has 1 rings (SSSR count). The van der Waals surface area contributed by atoms with Gasteiger partial charge in [-0.2, -0.15) is 8.78 Å². The summed E-state index contributed by atoms with van der Waals surface area (Å²) in [7, 11) is 0. The van der Waals surface area contributed by atoms with E-state index < -0.39 is 15.4 Å². The van der Waals surface area contributed by atoms with Crippen molar-refractivity contribution in [1.29, 1.82) is 0 Å². The molecule has 1 N–H and O–H groups in total. The van der Waals surface area contributed by atoms with Crippen LogP contribution in [0.1, 0.15) is 18.9 Å². The summed E-state index contributed by atoms with van der Waals surface area (Å²) in [6, 6.07) is 4.60. The number of halogens is 3. The predicted molar refractivity (Wildman–Crippen MR) is 61.2 cm³/mol. The Labute approximate surface area is 105 Å². The molecule has 0 saturated heterocycles. The van der Waals surface area contributed by atoms with Gasteiger partial charge in [0.05, 0.1) is 4.92 Å². The number of rotatable bonds is 4. The van der Waals surface area contributed by atoms with Gasteiger partial charge in [-0.3, -0.25) is 10.1 Å². The van der Waals surface area contributed by atoms with E-state index in [2.05, 4.69) is 15.9 Å². The minimum absolute atomic E-state index is 0.198. The second-order valence-corrected chi connectivity index (χ2v) is 4.51. The lowest BCUT2D eigenvalue weighted by Crippen LogP contribution is -2.40. The van der Waals surface area contributed by atoms with E-state index in [4.69, 9.17) is 0 Å². The predicted octanol–water partition coefficient (Wildman–Crippen LogP) is 3.18. The van der Waals surface area contributed by atoms with Gasteiger partial charge in [0.2, 0.25) is 0 Å². The molecule has 7 heteroatoms. The van der Waals surface area contributed by atoms with Gasteiger partial charge < -0.3 is 5.11 Å². The molecule has 1 aromatic rings. The zero-order valence-electron chi connectivity index (χ0n) is 8.86. The van der Waals surface area contributed by atoms with E-state index in [1.165, 1.54) is 25.1 Å². The van der Waals surface area contributed by atoms with Gasteiger partial charge in [-0.05, 0) is 27.9 Å². The first kappa shape index (κ1) is 14.0. The van der Waals surface area contributed by atoms with Crippen molar-refractivity contribution in [2.24, 2.45) is 0 Å². The molecule has 0 aliphatic rings. The summed E-state index contributed by atoms with van der Waals surface area (Å²) < 4.78 is 26.6. The van der Waals surface area contributed by atoms with Crippen LogP contribution in [0.2, 0.25) is 0 Å². The van der Waals surface area contributed by atoms with Gasteiger partial charge in [-0.25, -0.2) is 0 Å². The third-order valence-electron chi connectivity index (χ3n) is 2.52. The normalized spacial score (nSPS) is 15.4. The highest BCUT2D eigenvalue weighted by Crippen LogP contribution is 2.45. The minimum Gasteiger partial charge on any atom is -0.378 e. The molecule has 1 aromatic carbocycles. The van der Waals surface area contributed by atoms with Crippen LogP contribution >= 0.6 is 15.9 Å². The fraction of sp³-hybridized carbons (Fsp3) is 0.400. The molecule has 0 radical (unpaired) electrons. The Kier molecular flexibility index (Phi) is 3.83. The highest BCUT2D eigenvalue weighted by Gasteiger charge is 2.50. The number of nitro groups is 1. The van der Waals surface area contributed by atoms with Crippen molar-refractivity contribution in [3.8, 4) is 0 Å². The maximum atomic E-state index is 13.3. The fourth-order valence-corrected chi connectivity index (χ4v) is 1.95. The van der Waals surface area contributed by atoms with E-state index in [-0.39, 0.29) is 17.7 Å². The smallest absolute Gasteiger partial charge is 0.333 e. The Morgan fingerprint density at radius 1 is 1.53 bits per heavy atom. The molecular weight excluding hydrogens is 300 g/mol. The molecule has 0 heterocycles. The van der Waals surface area contributed by atoms with E-state index in [0.717, 1.165) is 6.07 Å². The van der Waals surface area contributed by atoms with E-state index in [1.807, 2.05) is 0 Å². The summed E-state index contributed by atoms with van der Waals surface area (Å²) in [4.78, 5) is 6.27. The number of hydrogen-bond donors (Lipinski definition) is 1. The minimum atomic E-state index is -3.57. The van der Waals surface area contributed by atoms with Crippen LogP contribution in [0.4, 0.5) is 14.5 Å². The van der Waals surface area contributed by atoms with Crippen molar-refractivity contribution in [1.82, 2.24) is 0 Å². The molecule has 0 aliphatic heterocycles. The van der Waals surface area contributed by atoms with Gasteiger partial charge in [-0.15, -0.1) is 0 Å². The molecule has 1 atom stereocenters. The highest BCUT2D eigenvalue weighted by molar-refractivity contribution is 9.10. The number of nitrogens with zero attached hydrogens (tertiary/aromatic N) is 1. The standard InChI is InChI=1S/C10H10BrF2NO3/c1-2-9(15,10(11,12)13)7-4-3-5-8(6-7)14(16)17/h3-6,15H,2H2,1H3. The van der Waals surface area contributed by atoms with Crippen LogP contribution < -0.4 is 0 Å². The second-order valence-electron chi connectivity index (χ2n) is 3.52. The molecule has 0 amide bonds. The molecule has 0 fully saturated rings. The molecule has 0 spiro atoms. The quantitative estimate of drug-likeness (QED) is 0.528. The van der Waals surface area contributed by atoms with Gasteiger partial charge in [0, 0.05) is 12.1 Å². The van der Waals surface area contributed by atoms with Crippen molar-refractivity contribution in [2.75, 3.05) is 0 Å².